The maximum atomic E-state index is 13.4. The molecule has 1 aromatic carbocycles. The van der Waals surface area contributed by atoms with Crippen molar-refractivity contribution >= 4 is 22.8 Å². The Bertz CT molecular complexity index is 1340. The van der Waals surface area contributed by atoms with Gasteiger partial charge in [-0.2, -0.15) is 0 Å². The van der Waals surface area contributed by atoms with Crippen LogP contribution in [0.15, 0.2) is 29.1 Å². The van der Waals surface area contributed by atoms with Gasteiger partial charge in [-0.1, -0.05) is 6.92 Å². The number of aromatic nitrogens is 2. The number of ether oxygens (including phenoxy) is 3. The second-order valence-corrected chi connectivity index (χ2v) is 7.62. The SMILES string of the molecule is CC[C@H]1C(=O)OCc2c1c(C(=O)OC)c1n(c2=O)Cc2cc3cc(OC)ccc3nc2-1. The molecule has 0 radical (unpaired) electrons. The van der Waals surface area contributed by atoms with Crippen molar-refractivity contribution in [1.29, 1.82) is 0 Å². The summed E-state index contributed by atoms with van der Waals surface area (Å²) in [5, 5.41) is 0.869. The fraction of sp³-hybridized carbons (Fsp3) is 0.304. The number of carbonyl (C=O) groups is 2. The van der Waals surface area contributed by atoms with Crippen LogP contribution < -0.4 is 10.3 Å². The average molecular weight is 420 g/mol. The van der Waals surface area contributed by atoms with Gasteiger partial charge in [0.1, 0.15) is 12.4 Å². The third kappa shape index (κ3) is 2.67. The first kappa shape index (κ1) is 19.3. The Hall–Kier alpha value is -3.68. The molecule has 0 saturated heterocycles. The van der Waals surface area contributed by atoms with Gasteiger partial charge in [-0.25, -0.2) is 9.78 Å². The van der Waals surface area contributed by atoms with Crippen molar-refractivity contribution in [2.45, 2.75) is 32.4 Å². The zero-order valence-corrected chi connectivity index (χ0v) is 17.4. The van der Waals surface area contributed by atoms with E-state index in [0.717, 1.165) is 10.9 Å². The summed E-state index contributed by atoms with van der Waals surface area (Å²) in [5.74, 6) is -1.04. The molecule has 158 valence electrons. The monoisotopic (exact) mass is 420 g/mol. The molecule has 0 aliphatic carbocycles. The Kier molecular flexibility index (Phi) is 4.32. The van der Waals surface area contributed by atoms with Crippen LogP contribution in [0.5, 0.6) is 5.75 Å². The van der Waals surface area contributed by atoms with Gasteiger partial charge in [0.05, 0.1) is 54.7 Å². The van der Waals surface area contributed by atoms with E-state index in [1.54, 1.807) is 13.2 Å². The van der Waals surface area contributed by atoms with Crippen molar-refractivity contribution in [2.75, 3.05) is 14.2 Å². The number of fused-ring (bicyclic) bond motifs is 5. The highest BCUT2D eigenvalue weighted by Gasteiger charge is 2.40. The molecule has 31 heavy (non-hydrogen) atoms. The van der Waals surface area contributed by atoms with Crippen LogP contribution in [-0.2, 0) is 27.4 Å². The second kappa shape index (κ2) is 6.94. The van der Waals surface area contributed by atoms with Gasteiger partial charge in [-0.05, 0) is 36.2 Å². The lowest BCUT2D eigenvalue weighted by atomic mass is 9.86. The van der Waals surface area contributed by atoms with E-state index in [4.69, 9.17) is 19.2 Å². The standard InChI is InChI=1S/C23H20N2O6/c1-4-14-17-15(10-31-22(14)27)21(26)25-9-12-7-11-8-13(29-2)5-6-16(11)24-19(12)20(25)18(17)23(28)30-3/h5-8,14H,4,9-10H2,1-3H3/t14-/m1/s1. The molecule has 0 bridgehead atoms. The molecular weight excluding hydrogens is 400 g/mol. The molecule has 2 aliphatic rings. The maximum absolute atomic E-state index is 13.4. The molecular formula is C23H20N2O6. The molecule has 0 N–H and O–H groups in total. The molecule has 0 fully saturated rings. The molecule has 3 aromatic rings. The van der Waals surface area contributed by atoms with Gasteiger partial charge in [-0.3, -0.25) is 9.59 Å². The Morgan fingerprint density at radius 1 is 1.26 bits per heavy atom. The number of rotatable bonds is 3. The van der Waals surface area contributed by atoms with Crippen LogP contribution in [0.3, 0.4) is 0 Å². The Morgan fingerprint density at radius 2 is 2.06 bits per heavy atom. The van der Waals surface area contributed by atoms with Crippen LogP contribution in [0.2, 0.25) is 0 Å². The van der Waals surface area contributed by atoms with Gasteiger partial charge in [0.2, 0.25) is 0 Å². The summed E-state index contributed by atoms with van der Waals surface area (Å²) >= 11 is 0. The molecule has 0 unspecified atom stereocenters. The highest BCUT2D eigenvalue weighted by Crippen LogP contribution is 2.41. The summed E-state index contributed by atoms with van der Waals surface area (Å²) in [4.78, 5) is 43.5. The molecule has 2 aromatic heterocycles. The highest BCUT2D eigenvalue weighted by atomic mass is 16.5. The predicted octanol–water partition coefficient (Wildman–Crippen LogP) is 2.77. The number of hydrogen-bond donors (Lipinski definition) is 0. The lowest BCUT2D eigenvalue weighted by Gasteiger charge is -2.27. The number of hydrogen-bond acceptors (Lipinski definition) is 7. The van der Waals surface area contributed by atoms with Crippen LogP contribution in [0.1, 0.15) is 46.3 Å². The van der Waals surface area contributed by atoms with E-state index in [2.05, 4.69) is 0 Å². The largest absolute Gasteiger partial charge is 0.497 e. The molecule has 8 heteroatoms. The quantitative estimate of drug-likeness (QED) is 0.470. The van der Waals surface area contributed by atoms with E-state index < -0.39 is 17.9 Å². The topological polar surface area (TPSA) is 96.7 Å². The summed E-state index contributed by atoms with van der Waals surface area (Å²) in [6.07, 6.45) is 0.399. The van der Waals surface area contributed by atoms with Crippen molar-refractivity contribution in [2.24, 2.45) is 0 Å². The number of pyridine rings is 2. The first-order chi connectivity index (χ1) is 15.0. The molecule has 0 amide bonds. The number of cyclic esters (lactones) is 1. The van der Waals surface area contributed by atoms with Crippen LogP contribution >= 0.6 is 0 Å². The van der Waals surface area contributed by atoms with E-state index >= 15 is 0 Å². The summed E-state index contributed by atoms with van der Waals surface area (Å²) in [5.41, 5.74) is 3.15. The average Bonchev–Trinajstić information content (AvgIpc) is 3.15. The van der Waals surface area contributed by atoms with Gasteiger partial charge in [0, 0.05) is 10.9 Å². The minimum Gasteiger partial charge on any atom is -0.497 e. The number of carbonyl (C=O) groups excluding carboxylic acids is 2. The smallest absolute Gasteiger partial charge is 0.340 e. The van der Waals surface area contributed by atoms with Crippen molar-refractivity contribution in [3.8, 4) is 17.1 Å². The summed E-state index contributed by atoms with van der Waals surface area (Å²) in [7, 11) is 2.88. The van der Waals surface area contributed by atoms with E-state index in [-0.39, 0.29) is 24.3 Å². The van der Waals surface area contributed by atoms with Gasteiger partial charge in [-0.15, -0.1) is 0 Å². The van der Waals surface area contributed by atoms with Crippen LogP contribution in [0, 0.1) is 0 Å². The van der Waals surface area contributed by atoms with Crippen molar-refractivity contribution in [3.05, 3.63) is 56.9 Å². The zero-order valence-electron chi connectivity index (χ0n) is 17.4. The lowest BCUT2D eigenvalue weighted by molar-refractivity contribution is -0.148. The van der Waals surface area contributed by atoms with Crippen molar-refractivity contribution in [1.82, 2.24) is 9.55 Å². The first-order valence-electron chi connectivity index (χ1n) is 10.0. The maximum Gasteiger partial charge on any atom is 0.340 e. The van der Waals surface area contributed by atoms with Crippen molar-refractivity contribution < 1.29 is 23.8 Å². The van der Waals surface area contributed by atoms with Crippen LogP contribution in [0.4, 0.5) is 0 Å². The number of nitrogens with zero attached hydrogens (tertiary/aromatic N) is 2. The van der Waals surface area contributed by atoms with E-state index in [1.807, 2.05) is 25.1 Å². The van der Waals surface area contributed by atoms with E-state index in [0.29, 0.717) is 40.2 Å². The fourth-order valence-corrected chi connectivity index (χ4v) is 4.58. The summed E-state index contributed by atoms with van der Waals surface area (Å²) in [6, 6.07) is 7.46. The van der Waals surface area contributed by atoms with Gasteiger partial charge >= 0.3 is 11.9 Å². The third-order valence-corrected chi connectivity index (χ3v) is 6.05. The van der Waals surface area contributed by atoms with Gasteiger partial charge in [0.25, 0.3) is 5.56 Å². The normalized spacial score (nSPS) is 16.4. The third-order valence-electron chi connectivity index (χ3n) is 6.05. The number of methoxy groups -OCH3 is 2. The highest BCUT2D eigenvalue weighted by molar-refractivity contribution is 6.01. The van der Waals surface area contributed by atoms with E-state index in [1.165, 1.54) is 11.7 Å². The Balaban J connectivity index is 1.86. The Labute approximate surface area is 177 Å². The molecule has 4 heterocycles. The minimum atomic E-state index is -0.704. The molecule has 8 nitrogen and oxygen atoms in total. The lowest BCUT2D eigenvalue weighted by Crippen LogP contribution is -2.35. The minimum absolute atomic E-state index is 0.156. The molecule has 0 saturated carbocycles. The van der Waals surface area contributed by atoms with Crippen molar-refractivity contribution in [3.63, 3.8) is 0 Å². The predicted molar refractivity (Wildman–Crippen MR) is 111 cm³/mol. The van der Waals surface area contributed by atoms with E-state index in [9.17, 15) is 14.4 Å². The number of esters is 2. The second-order valence-electron chi connectivity index (χ2n) is 7.62. The molecule has 0 spiro atoms. The zero-order chi connectivity index (χ0) is 21.9. The fourth-order valence-electron chi connectivity index (χ4n) is 4.58. The summed E-state index contributed by atoms with van der Waals surface area (Å²) in [6.45, 7) is 1.93. The number of benzene rings is 1. The first-order valence-corrected chi connectivity index (χ1v) is 10.0. The molecule has 1 atom stereocenters. The molecule has 2 aliphatic heterocycles. The van der Waals surface area contributed by atoms with Crippen LogP contribution in [-0.4, -0.2) is 35.7 Å². The van der Waals surface area contributed by atoms with Gasteiger partial charge in [0.15, 0.2) is 0 Å². The molecule has 5 rings (SSSR count). The van der Waals surface area contributed by atoms with Gasteiger partial charge < -0.3 is 18.8 Å². The Morgan fingerprint density at radius 3 is 2.77 bits per heavy atom. The van der Waals surface area contributed by atoms with Crippen LogP contribution in [0.25, 0.3) is 22.3 Å². The summed E-state index contributed by atoms with van der Waals surface area (Å²) < 4.78 is 17.2.